The zero-order chi connectivity index (χ0) is 23.2. The predicted octanol–water partition coefficient (Wildman–Crippen LogP) is 2.51. The lowest BCUT2D eigenvalue weighted by Crippen LogP contribution is -2.37. The van der Waals surface area contributed by atoms with Gasteiger partial charge >= 0.3 is 5.69 Å². The van der Waals surface area contributed by atoms with Gasteiger partial charge in [0, 0.05) is 19.7 Å². The summed E-state index contributed by atoms with van der Waals surface area (Å²) in [6, 6.07) is 5.05. The third-order valence-corrected chi connectivity index (χ3v) is 6.42. The first-order valence-electron chi connectivity index (χ1n) is 9.12. The second kappa shape index (κ2) is 8.41. The predicted molar refractivity (Wildman–Crippen MR) is 123 cm³/mol. The molecule has 4 aromatic rings. The van der Waals surface area contributed by atoms with Crippen molar-refractivity contribution in [1.29, 1.82) is 0 Å². The lowest BCUT2D eigenvalue weighted by molar-refractivity contribution is -0.116. The minimum Gasteiger partial charge on any atom is -0.486 e. The van der Waals surface area contributed by atoms with Crippen LogP contribution in [-0.4, -0.2) is 36.7 Å². The largest absolute Gasteiger partial charge is 0.486 e. The van der Waals surface area contributed by atoms with Crippen molar-refractivity contribution in [2.45, 2.75) is 6.54 Å². The van der Waals surface area contributed by atoms with Gasteiger partial charge in [-0.2, -0.15) is 0 Å². The first kappa shape index (κ1) is 22.1. The molecule has 4 rings (SSSR count). The van der Waals surface area contributed by atoms with E-state index in [1.54, 1.807) is 18.2 Å². The van der Waals surface area contributed by atoms with Crippen LogP contribution in [0, 0.1) is 0 Å². The molecule has 0 spiro atoms. The first-order chi connectivity index (χ1) is 15.2. The highest BCUT2D eigenvalue weighted by Crippen LogP contribution is 2.39. The van der Waals surface area contributed by atoms with Crippen molar-refractivity contribution in [2.75, 3.05) is 12.4 Å². The van der Waals surface area contributed by atoms with E-state index in [1.165, 1.54) is 36.7 Å². The van der Waals surface area contributed by atoms with Crippen molar-refractivity contribution in [3.05, 3.63) is 55.4 Å². The van der Waals surface area contributed by atoms with Crippen molar-refractivity contribution in [3.8, 4) is 16.3 Å². The van der Waals surface area contributed by atoms with Crippen LogP contribution in [0.5, 0.6) is 5.06 Å². The number of nitrogens with zero attached hydrogens (tertiary/aromatic N) is 5. The molecule has 32 heavy (non-hydrogen) atoms. The molecule has 13 heteroatoms. The van der Waals surface area contributed by atoms with Crippen LogP contribution in [0.1, 0.15) is 0 Å². The van der Waals surface area contributed by atoms with Crippen molar-refractivity contribution in [1.82, 2.24) is 23.7 Å². The number of carbonyl (C=O) groups is 1. The highest BCUT2D eigenvalue weighted by Gasteiger charge is 2.19. The molecule has 0 aliphatic heterocycles. The van der Waals surface area contributed by atoms with E-state index >= 15 is 0 Å². The average Bonchev–Trinajstić information content (AvgIpc) is 3.36. The molecule has 166 valence electrons. The summed E-state index contributed by atoms with van der Waals surface area (Å²) in [6.45, 7) is -0.200. The molecule has 0 saturated heterocycles. The Balaban J connectivity index is 1.62. The molecule has 0 atom stereocenters. The molecule has 3 aromatic heterocycles. The van der Waals surface area contributed by atoms with Crippen LogP contribution in [0.2, 0.25) is 10.0 Å². The Morgan fingerprint density at radius 3 is 2.62 bits per heavy atom. The van der Waals surface area contributed by atoms with Crippen molar-refractivity contribution in [2.24, 2.45) is 14.1 Å². The van der Waals surface area contributed by atoms with Crippen LogP contribution in [0.15, 0.2) is 34.1 Å². The third-order valence-electron chi connectivity index (χ3n) is 4.75. The molecule has 0 aliphatic rings. The molecule has 10 nitrogen and oxygen atoms in total. The fourth-order valence-electron chi connectivity index (χ4n) is 3.15. The quantitative estimate of drug-likeness (QED) is 0.455. The number of anilines is 1. The number of amides is 1. The highest BCUT2D eigenvalue weighted by molar-refractivity contribution is 7.18. The van der Waals surface area contributed by atoms with Gasteiger partial charge < -0.3 is 14.6 Å². The number of aryl methyl sites for hydroxylation is 1. The van der Waals surface area contributed by atoms with E-state index in [0.717, 1.165) is 15.9 Å². The van der Waals surface area contributed by atoms with Gasteiger partial charge in [-0.15, -0.1) is 0 Å². The van der Waals surface area contributed by atoms with Crippen molar-refractivity contribution >= 4 is 56.7 Å². The van der Waals surface area contributed by atoms with Gasteiger partial charge in [-0.1, -0.05) is 40.6 Å². The number of nitrogens with one attached hydrogen (secondary N) is 1. The first-order valence-corrected chi connectivity index (χ1v) is 10.7. The summed E-state index contributed by atoms with van der Waals surface area (Å²) < 4.78 is 8.99. The van der Waals surface area contributed by atoms with Gasteiger partial charge in [-0.05, 0) is 12.1 Å². The molecule has 1 N–H and O–H groups in total. The topological polar surface area (TPSA) is 113 Å². The maximum Gasteiger partial charge on any atom is 0.332 e. The van der Waals surface area contributed by atoms with E-state index in [0.29, 0.717) is 31.5 Å². The molecule has 0 saturated carbocycles. The smallest absolute Gasteiger partial charge is 0.332 e. The van der Waals surface area contributed by atoms with Crippen LogP contribution in [-0.2, 0) is 25.4 Å². The number of aromatic nitrogens is 5. The minimum atomic E-state index is -0.536. The normalized spacial score (nSPS) is 11.2. The van der Waals surface area contributed by atoms with Crippen molar-refractivity contribution in [3.63, 3.8) is 0 Å². The Labute approximate surface area is 194 Å². The Morgan fingerprint density at radius 2 is 1.94 bits per heavy atom. The SMILES string of the molecule is COc1sc(NC(=O)Cn2cnc3c2c(=O)n(C)c(=O)n3C)nc1-c1ccc(Cl)c(Cl)c1. The van der Waals surface area contributed by atoms with E-state index in [4.69, 9.17) is 27.9 Å². The Hall–Kier alpha value is -3.15. The third kappa shape index (κ3) is 3.78. The molecular weight excluding hydrogens is 479 g/mol. The Morgan fingerprint density at radius 1 is 1.19 bits per heavy atom. The number of benzene rings is 1. The molecule has 1 amide bonds. The van der Waals surface area contributed by atoms with E-state index in [2.05, 4.69) is 15.3 Å². The highest BCUT2D eigenvalue weighted by atomic mass is 35.5. The number of ether oxygens (including phenoxy) is 1. The maximum atomic E-state index is 12.7. The molecule has 0 aliphatic carbocycles. The zero-order valence-corrected chi connectivity index (χ0v) is 19.4. The number of carbonyl (C=O) groups excluding carboxylic acids is 1. The lowest BCUT2D eigenvalue weighted by Gasteiger charge is -2.06. The number of hydrogen-bond donors (Lipinski definition) is 1. The number of hydrogen-bond acceptors (Lipinski definition) is 7. The molecule has 3 heterocycles. The maximum absolute atomic E-state index is 12.7. The van der Waals surface area contributed by atoms with E-state index in [9.17, 15) is 14.4 Å². The van der Waals surface area contributed by atoms with Gasteiger partial charge in [-0.3, -0.25) is 18.7 Å². The molecule has 0 unspecified atom stereocenters. The molecule has 0 radical (unpaired) electrons. The van der Waals surface area contributed by atoms with Gasteiger partial charge in [0.1, 0.15) is 12.2 Å². The summed E-state index contributed by atoms with van der Waals surface area (Å²) in [5.41, 5.74) is 0.496. The van der Waals surface area contributed by atoms with Crippen LogP contribution >= 0.6 is 34.5 Å². The van der Waals surface area contributed by atoms with Crippen LogP contribution in [0.4, 0.5) is 5.13 Å². The monoisotopic (exact) mass is 494 g/mol. The Kier molecular flexibility index (Phi) is 5.80. The van der Waals surface area contributed by atoms with E-state index in [-0.39, 0.29) is 17.7 Å². The number of halogens is 2. The molecule has 0 fully saturated rings. The van der Waals surface area contributed by atoms with Gasteiger partial charge in [0.15, 0.2) is 16.3 Å². The summed E-state index contributed by atoms with van der Waals surface area (Å²) >= 11 is 13.2. The van der Waals surface area contributed by atoms with Gasteiger partial charge in [-0.25, -0.2) is 14.8 Å². The van der Waals surface area contributed by atoms with E-state index in [1.807, 2.05) is 0 Å². The van der Waals surface area contributed by atoms with Crippen LogP contribution in [0.3, 0.4) is 0 Å². The summed E-state index contributed by atoms with van der Waals surface area (Å²) in [7, 11) is 4.37. The lowest BCUT2D eigenvalue weighted by atomic mass is 10.2. The number of thiazole rings is 1. The van der Waals surface area contributed by atoms with E-state index < -0.39 is 17.2 Å². The summed E-state index contributed by atoms with van der Waals surface area (Å²) in [6.07, 6.45) is 1.34. The summed E-state index contributed by atoms with van der Waals surface area (Å²) in [5, 5.41) is 4.26. The van der Waals surface area contributed by atoms with Crippen molar-refractivity contribution < 1.29 is 9.53 Å². The second-order valence-corrected chi connectivity index (χ2v) is 8.56. The average molecular weight is 495 g/mol. The Bertz CT molecular complexity index is 1490. The minimum absolute atomic E-state index is 0.151. The molecular formula is C19H16Cl2N6O4S. The van der Waals surface area contributed by atoms with Gasteiger partial charge in [0.25, 0.3) is 5.56 Å². The van der Waals surface area contributed by atoms with Crippen LogP contribution in [0.25, 0.3) is 22.4 Å². The van der Waals surface area contributed by atoms with Gasteiger partial charge in [0.05, 0.1) is 23.5 Å². The number of imidazole rings is 1. The standard InChI is InChI=1S/C19H16Cl2N6O4S/c1-25-15-14(16(29)26(2)19(25)30)27(8-22-15)7-12(28)23-18-24-13(17(31-3)32-18)9-4-5-10(20)11(21)6-9/h4-6,8H,7H2,1-3H3,(H,23,24,28). The molecule has 1 aromatic carbocycles. The number of methoxy groups -OCH3 is 1. The number of rotatable bonds is 5. The fraction of sp³-hybridized carbons (Fsp3) is 0.211. The second-order valence-electron chi connectivity index (χ2n) is 6.79. The number of fused-ring (bicyclic) bond motifs is 1. The summed E-state index contributed by atoms with van der Waals surface area (Å²) in [4.78, 5) is 45.8. The van der Waals surface area contributed by atoms with Crippen LogP contribution < -0.4 is 21.3 Å². The fourth-order valence-corrected chi connectivity index (χ4v) is 4.27. The molecule has 0 bridgehead atoms. The zero-order valence-electron chi connectivity index (χ0n) is 17.0. The van der Waals surface area contributed by atoms with Gasteiger partial charge in [0.2, 0.25) is 11.0 Å². The summed E-state index contributed by atoms with van der Waals surface area (Å²) in [5.74, 6) is -0.433.